The standard InChI is InChI=1S/C24H26FN3O5/c25-18-6-3-5-17(15-18)21(29)27-12-8-24(9-13-27)28(23(31)20-7-4-14-32-20)19(16-33-24)22(30)26-10-1-2-11-26/h3-7,14-15,19H,1-2,8-13,16H2. The van der Waals surface area contributed by atoms with Crippen molar-refractivity contribution in [1.29, 1.82) is 0 Å². The zero-order chi connectivity index (χ0) is 23.0. The number of likely N-dealkylation sites (tertiary alicyclic amines) is 2. The Labute approximate surface area is 190 Å². The molecule has 0 radical (unpaired) electrons. The number of benzene rings is 1. The summed E-state index contributed by atoms with van der Waals surface area (Å²) < 4.78 is 25.1. The minimum atomic E-state index is -0.997. The second kappa shape index (κ2) is 8.62. The van der Waals surface area contributed by atoms with E-state index in [0.717, 1.165) is 12.8 Å². The van der Waals surface area contributed by atoms with Crippen molar-refractivity contribution < 1.29 is 27.9 Å². The van der Waals surface area contributed by atoms with Gasteiger partial charge in [-0.2, -0.15) is 0 Å². The first kappa shape index (κ1) is 21.6. The molecule has 3 amide bonds. The first-order valence-electron chi connectivity index (χ1n) is 11.3. The third-order valence-electron chi connectivity index (χ3n) is 6.82. The third-order valence-corrected chi connectivity index (χ3v) is 6.82. The molecule has 4 heterocycles. The molecule has 1 aromatic heterocycles. The maximum atomic E-state index is 13.6. The molecule has 3 fully saturated rings. The summed E-state index contributed by atoms with van der Waals surface area (Å²) >= 11 is 0. The predicted octanol–water partition coefficient (Wildman–Crippen LogP) is 2.51. The summed E-state index contributed by atoms with van der Waals surface area (Å²) in [6.45, 7) is 2.12. The van der Waals surface area contributed by atoms with Crippen molar-refractivity contribution in [2.24, 2.45) is 0 Å². The number of amides is 3. The zero-order valence-electron chi connectivity index (χ0n) is 18.2. The number of piperidine rings is 1. The molecule has 5 rings (SSSR count). The van der Waals surface area contributed by atoms with Gasteiger partial charge in [-0.1, -0.05) is 6.07 Å². The van der Waals surface area contributed by atoms with E-state index in [4.69, 9.17) is 9.15 Å². The van der Waals surface area contributed by atoms with Gasteiger partial charge in [-0.3, -0.25) is 19.3 Å². The van der Waals surface area contributed by atoms with Crippen LogP contribution in [0.3, 0.4) is 0 Å². The average Bonchev–Trinajstić information content (AvgIpc) is 3.60. The van der Waals surface area contributed by atoms with Crippen LogP contribution in [0.4, 0.5) is 4.39 Å². The molecule has 1 aromatic carbocycles. The van der Waals surface area contributed by atoms with E-state index >= 15 is 0 Å². The van der Waals surface area contributed by atoms with E-state index in [9.17, 15) is 18.8 Å². The van der Waals surface area contributed by atoms with Crippen molar-refractivity contribution in [2.75, 3.05) is 32.8 Å². The van der Waals surface area contributed by atoms with Crippen molar-refractivity contribution in [3.63, 3.8) is 0 Å². The molecule has 8 nitrogen and oxygen atoms in total. The Kier molecular flexibility index (Phi) is 5.65. The molecule has 174 valence electrons. The molecule has 0 N–H and O–H groups in total. The predicted molar refractivity (Wildman–Crippen MR) is 115 cm³/mol. The highest BCUT2D eigenvalue weighted by molar-refractivity contribution is 5.97. The van der Waals surface area contributed by atoms with Gasteiger partial charge in [-0.25, -0.2) is 4.39 Å². The molecule has 9 heteroatoms. The van der Waals surface area contributed by atoms with Crippen molar-refractivity contribution >= 4 is 17.7 Å². The first-order valence-corrected chi connectivity index (χ1v) is 11.3. The fourth-order valence-corrected chi connectivity index (χ4v) is 5.09. The quantitative estimate of drug-likeness (QED) is 0.710. The smallest absolute Gasteiger partial charge is 0.292 e. The fraction of sp³-hybridized carbons (Fsp3) is 0.458. The van der Waals surface area contributed by atoms with Gasteiger partial charge in [0.05, 0.1) is 12.9 Å². The summed E-state index contributed by atoms with van der Waals surface area (Å²) in [6, 6.07) is 8.08. The molecule has 3 aliphatic rings. The highest BCUT2D eigenvalue weighted by atomic mass is 19.1. The fourth-order valence-electron chi connectivity index (χ4n) is 5.09. The van der Waals surface area contributed by atoms with Gasteiger partial charge < -0.3 is 19.0 Å². The lowest BCUT2D eigenvalue weighted by atomic mass is 9.96. The molecule has 0 bridgehead atoms. The molecule has 2 aromatic rings. The molecule has 1 atom stereocenters. The number of hydrogen-bond acceptors (Lipinski definition) is 5. The number of furan rings is 1. The molecule has 3 aliphatic heterocycles. The number of rotatable bonds is 3. The van der Waals surface area contributed by atoms with Crippen molar-refractivity contribution in [3.05, 3.63) is 59.8 Å². The van der Waals surface area contributed by atoms with Crippen LogP contribution >= 0.6 is 0 Å². The zero-order valence-corrected chi connectivity index (χ0v) is 18.2. The van der Waals surface area contributed by atoms with Crippen LogP contribution in [-0.4, -0.2) is 77.0 Å². The van der Waals surface area contributed by atoms with E-state index < -0.39 is 17.6 Å². The van der Waals surface area contributed by atoms with Crippen LogP contribution in [-0.2, 0) is 9.53 Å². The second-order valence-electron chi connectivity index (χ2n) is 8.76. The normalized spacial score (nSPS) is 22.2. The summed E-state index contributed by atoms with van der Waals surface area (Å²) in [6.07, 6.45) is 4.03. The lowest BCUT2D eigenvalue weighted by Gasteiger charge is -2.44. The topological polar surface area (TPSA) is 83.3 Å². The maximum absolute atomic E-state index is 13.6. The Hall–Kier alpha value is -3.20. The second-order valence-corrected chi connectivity index (χ2v) is 8.76. The number of carbonyl (C=O) groups excluding carboxylic acids is 3. The highest BCUT2D eigenvalue weighted by Gasteiger charge is 2.55. The van der Waals surface area contributed by atoms with Crippen LogP contribution in [0.25, 0.3) is 0 Å². The summed E-state index contributed by atoms with van der Waals surface area (Å²) in [7, 11) is 0. The van der Waals surface area contributed by atoms with E-state index in [2.05, 4.69) is 0 Å². The van der Waals surface area contributed by atoms with Gasteiger partial charge in [0.1, 0.15) is 17.6 Å². The number of ether oxygens (including phenoxy) is 1. The average molecular weight is 455 g/mol. The highest BCUT2D eigenvalue weighted by Crippen LogP contribution is 2.39. The summed E-state index contributed by atoms with van der Waals surface area (Å²) in [5.74, 6) is -1.08. The van der Waals surface area contributed by atoms with Gasteiger partial charge in [0.15, 0.2) is 5.76 Å². The van der Waals surface area contributed by atoms with Crippen LogP contribution in [0, 0.1) is 5.82 Å². The van der Waals surface area contributed by atoms with E-state index in [1.165, 1.54) is 29.4 Å². The molecule has 1 unspecified atom stereocenters. The SMILES string of the molecule is O=C(c1cccc(F)c1)N1CCC2(CC1)OCC(C(=O)N1CCCC1)N2C(=O)c1ccco1. The Balaban J connectivity index is 1.37. The molecule has 0 aliphatic carbocycles. The number of nitrogens with zero attached hydrogens (tertiary/aromatic N) is 3. The van der Waals surface area contributed by atoms with Gasteiger partial charge in [0, 0.05) is 44.6 Å². The summed E-state index contributed by atoms with van der Waals surface area (Å²) in [5.41, 5.74) is -0.716. The van der Waals surface area contributed by atoms with Crippen LogP contribution in [0.2, 0.25) is 0 Å². The first-order chi connectivity index (χ1) is 16.0. The number of hydrogen-bond donors (Lipinski definition) is 0. The van der Waals surface area contributed by atoms with Gasteiger partial charge in [-0.05, 0) is 43.2 Å². The lowest BCUT2D eigenvalue weighted by molar-refractivity contribution is -0.136. The van der Waals surface area contributed by atoms with Crippen LogP contribution in [0.1, 0.15) is 46.6 Å². The van der Waals surface area contributed by atoms with Gasteiger partial charge in [0.2, 0.25) is 5.91 Å². The molecule has 1 spiro atoms. The van der Waals surface area contributed by atoms with Crippen LogP contribution in [0.15, 0.2) is 47.1 Å². The van der Waals surface area contributed by atoms with Gasteiger partial charge in [-0.15, -0.1) is 0 Å². The monoisotopic (exact) mass is 455 g/mol. The van der Waals surface area contributed by atoms with Crippen LogP contribution < -0.4 is 0 Å². The van der Waals surface area contributed by atoms with E-state index in [0.29, 0.717) is 39.0 Å². The summed E-state index contributed by atoms with van der Waals surface area (Å²) in [4.78, 5) is 44.5. The van der Waals surface area contributed by atoms with E-state index in [-0.39, 0.29) is 35.7 Å². The third kappa shape index (κ3) is 3.90. The Bertz CT molecular complexity index is 1040. The minimum absolute atomic E-state index is 0.109. The maximum Gasteiger partial charge on any atom is 0.292 e. The molecular formula is C24H26FN3O5. The van der Waals surface area contributed by atoms with Crippen LogP contribution in [0.5, 0.6) is 0 Å². The lowest BCUT2D eigenvalue weighted by Crippen LogP contribution is -2.60. The summed E-state index contributed by atoms with van der Waals surface area (Å²) in [5, 5.41) is 0. The molecule has 0 saturated carbocycles. The van der Waals surface area contributed by atoms with Crippen molar-refractivity contribution in [1.82, 2.24) is 14.7 Å². The molecule has 33 heavy (non-hydrogen) atoms. The number of carbonyl (C=O) groups is 3. The Morgan fingerprint density at radius 2 is 1.70 bits per heavy atom. The van der Waals surface area contributed by atoms with Crippen molar-refractivity contribution in [3.8, 4) is 0 Å². The Morgan fingerprint density at radius 1 is 0.939 bits per heavy atom. The Morgan fingerprint density at radius 3 is 2.36 bits per heavy atom. The molecular weight excluding hydrogens is 429 g/mol. The number of halogens is 1. The molecule has 3 saturated heterocycles. The van der Waals surface area contributed by atoms with E-state index in [1.54, 1.807) is 28.0 Å². The van der Waals surface area contributed by atoms with Gasteiger partial charge in [0.25, 0.3) is 11.8 Å². The minimum Gasteiger partial charge on any atom is -0.459 e. The van der Waals surface area contributed by atoms with E-state index in [1.807, 2.05) is 0 Å². The largest absolute Gasteiger partial charge is 0.459 e. The van der Waals surface area contributed by atoms with Gasteiger partial charge >= 0.3 is 0 Å². The van der Waals surface area contributed by atoms with Crippen molar-refractivity contribution in [2.45, 2.75) is 37.5 Å².